The minimum absolute atomic E-state index is 0.387. The van der Waals surface area contributed by atoms with E-state index in [1.54, 1.807) is 0 Å². The lowest BCUT2D eigenvalue weighted by molar-refractivity contribution is -0.159. The largest absolute Gasteiger partial charge is 0.473 e. The maximum Gasteiger partial charge on any atom is 0.414 e. The zero-order valence-electron chi connectivity index (χ0n) is 13.2. The summed E-state index contributed by atoms with van der Waals surface area (Å²) in [5.41, 5.74) is 3.97. The van der Waals surface area contributed by atoms with Crippen molar-refractivity contribution in [3.63, 3.8) is 0 Å². The third-order valence-corrected chi connectivity index (χ3v) is 3.22. The van der Waals surface area contributed by atoms with Gasteiger partial charge in [0.1, 0.15) is 0 Å². The molecule has 0 heterocycles. The summed E-state index contributed by atoms with van der Waals surface area (Å²) in [5.74, 6) is -3.65. The maximum absolute atomic E-state index is 9.10. The van der Waals surface area contributed by atoms with E-state index in [1.807, 2.05) is 0 Å². The lowest BCUT2D eigenvalue weighted by atomic mass is 10.1. The van der Waals surface area contributed by atoms with Crippen LogP contribution >= 0.6 is 0 Å². The summed E-state index contributed by atoms with van der Waals surface area (Å²) in [6, 6.07) is 19.6. The minimum atomic E-state index is -1.82. The van der Waals surface area contributed by atoms with Gasteiger partial charge in [0, 0.05) is 12.6 Å². The van der Waals surface area contributed by atoms with Crippen molar-refractivity contribution in [2.24, 2.45) is 0 Å². The molecule has 0 aliphatic rings. The first-order valence-corrected chi connectivity index (χ1v) is 7.20. The van der Waals surface area contributed by atoms with Gasteiger partial charge in [-0.3, -0.25) is 0 Å². The zero-order chi connectivity index (χ0) is 17.2. The Morgan fingerprint density at radius 3 is 1.96 bits per heavy atom. The molecule has 0 amide bonds. The quantitative estimate of drug-likeness (QED) is 0.755. The lowest BCUT2D eigenvalue weighted by Crippen LogP contribution is -2.17. The fourth-order valence-electron chi connectivity index (χ4n) is 1.84. The number of hydrogen-bond donors (Lipinski definition) is 3. The first-order chi connectivity index (χ1) is 10.9. The number of carboxylic acid groups (broad SMARTS) is 2. The van der Waals surface area contributed by atoms with Gasteiger partial charge in [-0.1, -0.05) is 60.2 Å². The Kier molecular flexibility index (Phi) is 7.50. The fraction of sp³-hybridized carbons (Fsp3) is 0.222. The Morgan fingerprint density at radius 2 is 1.48 bits per heavy atom. The second kappa shape index (κ2) is 9.38. The Bertz CT molecular complexity index is 611. The van der Waals surface area contributed by atoms with Gasteiger partial charge in [0.15, 0.2) is 0 Å². The van der Waals surface area contributed by atoms with E-state index in [1.165, 1.54) is 16.7 Å². The Labute approximate surface area is 135 Å². The van der Waals surface area contributed by atoms with Crippen LogP contribution < -0.4 is 5.32 Å². The summed E-state index contributed by atoms with van der Waals surface area (Å²) in [6.07, 6.45) is 0. The molecule has 0 aliphatic heterocycles. The van der Waals surface area contributed by atoms with Crippen LogP contribution in [-0.4, -0.2) is 22.2 Å². The number of benzene rings is 2. The SMILES string of the molecule is Cc1ccc(CNC(C)c2ccccc2)cc1.O=C(O)C(=O)O. The molecule has 1 atom stereocenters. The number of nitrogens with one attached hydrogen (secondary N) is 1. The summed E-state index contributed by atoms with van der Waals surface area (Å²) in [4.78, 5) is 18.2. The van der Waals surface area contributed by atoms with Crippen molar-refractivity contribution in [2.75, 3.05) is 0 Å². The zero-order valence-corrected chi connectivity index (χ0v) is 13.2. The van der Waals surface area contributed by atoms with Crippen LogP contribution in [-0.2, 0) is 16.1 Å². The molecular formula is C18H21NO4. The normalized spacial score (nSPS) is 11.0. The molecule has 2 aromatic rings. The molecule has 0 fully saturated rings. The molecule has 0 spiro atoms. The molecule has 122 valence electrons. The third kappa shape index (κ3) is 7.24. The van der Waals surface area contributed by atoms with E-state index < -0.39 is 11.9 Å². The molecule has 3 N–H and O–H groups in total. The predicted octanol–water partition coefficient (Wildman–Crippen LogP) is 3.00. The first-order valence-electron chi connectivity index (χ1n) is 7.20. The molecular weight excluding hydrogens is 294 g/mol. The van der Waals surface area contributed by atoms with Gasteiger partial charge in [0.05, 0.1) is 0 Å². The average Bonchev–Trinajstić information content (AvgIpc) is 2.55. The number of rotatable bonds is 4. The van der Waals surface area contributed by atoms with E-state index in [9.17, 15) is 0 Å². The van der Waals surface area contributed by atoms with Crippen LogP contribution in [0.2, 0.25) is 0 Å². The second-order valence-electron chi connectivity index (χ2n) is 5.11. The van der Waals surface area contributed by atoms with E-state index in [0.29, 0.717) is 6.04 Å². The van der Waals surface area contributed by atoms with E-state index in [2.05, 4.69) is 73.8 Å². The summed E-state index contributed by atoms with van der Waals surface area (Å²) in [5, 5.41) is 18.3. The van der Waals surface area contributed by atoms with Crippen LogP contribution in [0.25, 0.3) is 0 Å². The number of carboxylic acids is 2. The highest BCUT2D eigenvalue weighted by Crippen LogP contribution is 2.12. The van der Waals surface area contributed by atoms with Gasteiger partial charge in [-0.2, -0.15) is 0 Å². The van der Waals surface area contributed by atoms with Crippen LogP contribution in [0.4, 0.5) is 0 Å². The van der Waals surface area contributed by atoms with Gasteiger partial charge in [0.2, 0.25) is 0 Å². The molecule has 0 aliphatic carbocycles. The number of carbonyl (C=O) groups is 2. The van der Waals surface area contributed by atoms with Crippen molar-refractivity contribution in [3.8, 4) is 0 Å². The number of aliphatic carboxylic acids is 2. The van der Waals surface area contributed by atoms with Gasteiger partial charge >= 0.3 is 11.9 Å². The Balaban J connectivity index is 0.000000379. The summed E-state index contributed by atoms with van der Waals surface area (Å²) < 4.78 is 0. The molecule has 0 saturated carbocycles. The summed E-state index contributed by atoms with van der Waals surface area (Å²) in [6.45, 7) is 5.23. The highest BCUT2D eigenvalue weighted by molar-refractivity contribution is 6.27. The Morgan fingerprint density at radius 1 is 0.957 bits per heavy atom. The van der Waals surface area contributed by atoms with Crippen LogP contribution in [0.15, 0.2) is 54.6 Å². The van der Waals surface area contributed by atoms with Gasteiger partial charge in [-0.05, 0) is 25.0 Å². The molecule has 5 nitrogen and oxygen atoms in total. The Hall–Kier alpha value is -2.66. The second-order valence-corrected chi connectivity index (χ2v) is 5.11. The van der Waals surface area contributed by atoms with Gasteiger partial charge in [0.25, 0.3) is 0 Å². The maximum atomic E-state index is 9.10. The smallest absolute Gasteiger partial charge is 0.414 e. The van der Waals surface area contributed by atoms with Crippen molar-refractivity contribution in [1.29, 1.82) is 0 Å². The summed E-state index contributed by atoms with van der Waals surface area (Å²) >= 11 is 0. The van der Waals surface area contributed by atoms with Gasteiger partial charge in [-0.15, -0.1) is 0 Å². The molecule has 0 radical (unpaired) electrons. The van der Waals surface area contributed by atoms with Crippen molar-refractivity contribution in [3.05, 3.63) is 71.3 Å². The van der Waals surface area contributed by atoms with Crippen LogP contribution in [0.3, 0.4) is 0 Å². The third-order valence-electron chi connectivity index (χ3n) is 3.22. The number of aryl methyl sites for hydroxylation is 1. The molecule has 0 aromatic heterocycles. The molecule has 1 unspecified atom stereocenters. The monoisotopic (exact) mass is 315 g/mol. The van der Waals surface area contributed by atoms with Crippen molar-refractivity contribution in [2.45, 2.75) is 26.4 Å². The number of hydrogen-bond acceptors (Lipinski definition) is 3. The van der Waals surface area contributed by atoms with Crippen molar-refractivity contribution >= 4 is 11.9 Å². The van der Waals surface area contributed by atoms with Crippen LogP contribution in [0.1, 0.15) is 29.7 Å². The molecule has 0 saturated heterocycles. The molecule has 2 aromatic carbocycles. The lowest BCUT2D eigenvalue weighted by Gasteiger charge is -2.14. The van der Waals surface area contributed by atoms with Crippen LogP contribution in [0, 0.1) is 6.92 Å². The minimum Gasteiger partial charge on any atom is -0.473 e. The van der Waals surface area contributed by atoms with Gasteiger partial charge < -0.3 is 15.5 Å². The highest BCUT2D eigenvalue weighted by atomic mass is 16.4. The van der Waals surface area contributed by atoms with E-state index in [4.69, 9.17) is 19.8 Å². The van der Waals surface area contributed by atoms with E-state index >= 15 is 0 Å². The van der Waals surface area contributed by atoms with Gasteiger partial charge in [-0.25, -0.2) is 9.59 Å². The standard InChI is InChI=1S/C16H19N.C2H2O4/c1-13-8-10-15(11-9-13)12-17-14(2)16-6-4-3-5-7-16;3-1(4)2(5)6/h3-11,14,17H,12H2,1-2H3;(H,3,4)(H,5,6). The van der Waals surface area contributed by atoms with E-state index in [-0.39, 0.29) is 0 Å². The van der Waals surface area contributed by atoms with Crippen molar-refractivity contribution < 1.29 is 19.8 Å². The topological polar surface area (TPSA) is 86.6 Å². The molecule has 2 rings (SSSR count). The molecule has 23 heavy (non-hydrogen) atoms. The first kappa shape index (κ1) is 18.4. The molecule has 5 heteroatoms. The summed E-state index contributed by atoms with van der Waals surface area (Å²) in [7, 11) is 0. The molecule has 0 bridgehead atoms. The fourth-order valence-corrected chi connectivity index (χ4v) is 1.84. The highest BCUT2D eigenvalue weighted by Gasteiger charge is 2.04. The van der Waals surface area contributed by atoms with Crippen molar-refractivity contribution in [1.82, 2.24) is 5.32 Å². The van der Waals surface area contributed by atoms with E-state index in [0.717, 1.165) is 6.54 Å². The average molecular weight is 315 g/mol. The predicted molar refractivity (Wildman–Crippen MR) is 88.1 cm³/mol. The van der Waals surface area contributed by atoms with Crippen LogP contribution in [0.5, 0.6) is 0 Å².